The van der Waals surface area contributed by atoms with Crippen molar-refractivity contribution < 1.29 is 4.79 Å². The summed E-state index contributed by atoms with van der Waals surface area (Å²) in [6.45, 7) is 0. The average molecular weight is 260 g/mol. The van der Waals surface area contributed by atoms with Crippen LogP contribution in [0.15, 0.2) is 28.7 Å². The molecule has 0 spiro atoms. The van der Waals surface area contributed by atoms with Gasteiger partial charge in [-0.3, -0.25) is 4.79 Å². The van der Waals surface area contributed by atoms with Crippen LogP contribution in [0.3, 0.4) is 0 Å². The number of hydrogen-bond donors (Lipinski definition) is 2. The van der Waals surface area contributed by atoms with E-state index in [0.717, 1.165) is 4.47 Å². The van der Waals surface area contributed by atoms with Crippen molar-refractivity contribution in [3.8, 4) is 0 Å². The maximum absolute atomic E-state index is 11.6. The molecule has 0 saturated heterocycles. The lowest BCUT2D eigenvalue weighted by molar-refractivity contribution is 0.0969. The summed E-state index contributed by atoms with van der Waals surface area (Å²) in [6.07, 6.45) is 0. The molecule has 2 N–H and O–H groups in total. The number of nitrogens with two attached hydrogens (primary N) is 1. The minimum absolute atomic E-state index is 0.0810. The van der Waals surface area contributed by atoms with Gasteiger partial charge in [-0.05, 0) is 6.07 Å². The Hall–Kier alpha value is -0.320. The van der Waals surface area contributed by atoms with Crippen LogP contribution in [-0.4, -0.2) is 17.6 Å². The molecular formula is C9H10BrNOS. The Morgan fingerprint density at radius 3 is 2.69 bits per heavy atom. The Labute approximate surface area is 91.1 Å². The number of benzene rings is 1. The summed E-state index contributed by atoms with van der Waals surface area (Å²) in [5.74, 6) is 0.280. The maximum Gasteiger partial charge on any atom is 0.181 e. The molecular weight excluding hydrogens is 250 g/mol. The Morgan fingerprint density at radius 1 is 1.54 bits per heavy atom. The second-order valence-corrected chi connectivity index (χ2v) is 3.85. The monoisotopic (exact) mass is 259 g/mol. The molecule has 0 aliphatic heterocycles. The van der Waals surface area contributed by atoms with Gasteiger partial charge in [0.05, 0.1) is 6.04 Å². The first-order valence-corrected chi connectivity index (χ1v) is 5.24. The second-order valence-electron chi connectivity index (χ2n) is 2.63. The van der Waals surface area contributed by atoms with Gasteiger partial charge in [-0.1, -0.05) is 34.1 Å². The molecule has 2 nitrogen and oxygen atoms in total. The van der Waals surface area contributed by atoms with E-state index in [1.165, 1.54) is 0 Å². The van der Waals surface area contributed by atoms with Gasteiger partial charge in [-0.25, -0.2) is 0 Å². The number of halogens is 1. The van der Waals surface area contributed by atoms with E-state index < -0.39 is 6.04 Å². The molecule has 1 rings (SSSR count). The van der Waals surface area contributed by atoms with E-state index in [2.05, 4.69) is 28.6 Å². The van der Waals surface area contributed by atoms with Gasteiger partial charge < -0.3 is 5.73 Å². The third-order valence-electron chi connectivity index (χ3n) is 1.67. The Bertz CT molecular complexity index is 316. The predicted octanol–water partition coefficient (Wildman–Crippen LogP) is 1.89. The van der Waals surface area contributed by atoms with Gasteiger partial charge in [-0.15, -0.1) is 0 Å². The molecule has 0 aromatic heterocycles. The molecule has 0 amide bonds. The molecule has 0 aliphatic carbocycles. The minimum atomic E-state index is -0.526. The van der Waals surface area contributed by atoms with Gasteiger partial charge in [0.1, 0.15) is 0 Å². The van der Waals surface area contributed by atoms with E-state index >= 15 is 0 Å². The number of hydrogen-bond acceptors (Lipinski definition) is 3. The first-order valence-electron chi connectivity index (χ1n) is 3.82. The van der Waals surface area contributed by atoms with E-state index in [1.54, 1.807) is 6.07 Å². The van der Waals surface area contributed by atoms with E-state index in [4.69, 9.17) is 5.73 Å². The SMILES string of the molecule is N[C@@H](CS)C(=O)c1ccccc1Br. The number of rotatable bonds is 3. The van der Waals surface area contributed by atoms with Crippen molar-refractivity contribution in [1.29, 1.82) is 0 Å². The summed E-state index contributed by atoms with van der Waals surface area (Å²) in [5.41, 5.74) is 6.19. The van der Waals surface area contributed by atoms with Gasteiger partial charge in [0.2, 0.25) is 0 Å². The molecule has 0 saturated carbocycles. The molecule has 0 aliphatic rings. The summed E-state index contributed by atoms with van der Waals surface area (Å²) < 4.78 is 0.775. The normalized spacial score (nSPS) is 12.5. The van der Waals surface area contributed by atoms with Gasteiger partial charge in [0.25, 0.3) is 0 Å². The molecule has 0 radical (unpaired) electrons. The van der Waals surface area contributed by atoms with Crippen molar-refractivity contribution >= 4 is 34.3 Å². The highest BCUT2D eigenvalue weighted by Crippen LogP contribution is 2.17. The van der Waals surface area contributed by atoms with Gasteiger partial charge in [0.15, 0.2) is 5.78 Å². The molecule has 0 bridgehead atoms. The molecule has 0 fully saturated rings. The molecule has 1 aromatic carbocycles. The number of carbonyl (C=O) groups is 1. The van der Waals surface area contributed by atoms with Gasteiger partial charge >= 0.3 is 0 Å². The molecule has 1 aromatic rings. The first kappa shape index (κ1) is 10.8. The summed E-state index contributed by atoms with van der Waals surface area (Å²) in [7, 11) is 0. The van der Waals surface area contributed by atoms with Crippen LogP contribution in [0.1, 0.15) is 10.4 Å². The zero-order valence-corrected chi connectivity index (χ0v) is 9.39. The number of carbonyl (C=O) groups excluding carboxylic acids is 1. The lowest BCUT2D eigenvalue weighted by atomic mass is 10.1. The van der Waals surface area contributed by atoms with E-state index in [1.807, 2.05) is 18.2 Å². The smallest absolute Gasteiger partial charge is 0.181 e. The third kappa shape index (κ3) is 2.56. The fourth-order valence-corrected chi connectivity index (χ4v) is 1.59. The Morgan fingerprint density at radius 2 is 2.15 bits per heavy atom. The number of ketones is 1. The van der Waals surface area contributed by atoms with Crippen molar-refractivity contribution in [1.82, 2.24) is 0 Å². The van der Waals surface area contributed by atoms with Crippen LogP contribution in [0, 0.1) is 0 Å². The molecule has 70 valence electrons. The van der Waals surface area contributed by atoms with Crippen LogP contribution in [0.25, 0.3) is 0 Å². The van der Waals surface area contributed by atoms with Gasteiger partial charge in [-0.2, -0.15) is 12.6 Å². The zero-order valence-electron chi connectivity index (χ0n) is 6.90. The van der Waals surface area contributed by atoms with Crippen molar-refractivity contribution in [2.24, 2.45) is 5.73 Å². The number of thiol groups is 1. The molecule has 4 heteroatoms. The molecule has 1 atom stereocenters. The van der Waals surface area contributed by atoms with Crippen LogP contribution >= 0.6 is 28.6 Å². The largest absolute Gasteiger partial charge is 0.321 e. The van der Waals surface area contributed by atoms with E-state index in [9.17, 15) is 4.79 Å². The van der Waals surface area contributed by atoms with Crippen molar-refractivity contribution in [2.45, 2.75) is 6.04 Å². The van der Waals surface area contributed by atoms with Crippen molar-refractivity contribution in [3.63, 3.8) is 0 Å². The summed E-state index contributed by atoms with van der Waals surface area (Å²) in [4.78, 5) is 11.6. The lowest BCUT2D eigenvalue weighted by Crippen LogP contribution is -2.32. The van der Waals surface area contributed by atoms with Crippen LogP contribution < -0.4 is 5.73 Å². The molecule has 0 unspecified atom stereocenters. The topological polar surface area (TPSA) is 43.1 Å². The first-order chi connectivity index (χ1) is 6.16. The molecule has 0 heterocycles. The minimum Gasteiger partial charge on any atom is -0.321 e. The average Bonchev–Trinajstić information content (AvgIpc) is 2.16. The van der Waals surface area contributed by atoms with Crippen LogP contribution in [-0.2, 0) is 0 Å². The highest BCUT2D eigenvalue weighted by Gasteiger charge is 2.15. The summed E-state index contributed by atoms with van der Waals surface area (Å²) in [6, 6.07) is 6.70. The van der Waals surface area contributed by atoms with Crippen molar-refractivity contribution in [2.75, 3.05) is 5.75 Å². The highest BCUT2D eigenvalue weighted by molar-refractivity contribution is 9.10. The third-order valence-corrected chi connectivity index (χ3v) is 2.76. The van der Waals surface area contributed by atoms with Crippen LogP contribution in [0.4, 0.5) is 0 Å². The Balaban J connectivity index is 2.95. The van der Waals surface area contributed by atoms with Crippen molar-refractivity contribution in [3.05, 3.63) is 34.3 Å². The Kier molecular flexibility index (Phi) is 3.96. The highest BCUT2D eigenvalue weighted by atomic mass is 79.9. The van der Waals surface area contributed by atoms with E-state index in [-0.39, 0.29) is 5.78 Å². The fourth-order valence-electron chi connectivity index (χ4n) is 0.944. The fraction of sp³-hybridized carbons (Fsp3) is 0.222. The maximum atomic E-state index is 11.6. The predicted molar refractivity (Wildman–Crippen MR) is 60.3 cm³/mol. The second kappa shape index (κ2) is 4.79. The van der Waals surface area contributed by atoms with Crippen LogP contribution in [0.5, 0.6) is 0 Å². The summed E-state index contributed by atoms with van der Waals surface area (Å²) >= 11 is 7.27. The van der Waals surface area contributed by atoms with Gasteiger partial charge in [0, 0.05) is 15.8 Å². The number of Topliss-reactive ketones (excluding diaryl/α,β-unsaturated/α-hetero) is 1. The van der Waals surface area contributed by atoms with Crippen LogP contribution in [0.2, 0.25) is 0 Å². The zero-order chi connectivity index (χ0) is 9.84. The standard InChI is InChI=1S/C9H10BrNOS/c10-7-4-2-1-3-6(7)9(12)8(11)5-13/h1-4,8,13H,5,11H2/t8-/m0/s1. The quantitative estimate of drug-likeness (QED) is 0.643. The summed E-state index contributed by atoms with van der Waals surface area (Å²) in [5, 5.41) is 0. The molecule has 13 heavy (non-hydrogen) atoms. The lowest BCUT2D eigenvalue weighted by Gasteiger charge is -2.08. The van der Waals surface area contributed by atoms with E-state index in [0.29, 0.717) is 11.3 Å².